The number of nitrogens with two attached hydrogens (primary N) is 1. The van der Waals surface area contributed by atoms with E-state index in [-0.39, 0.29) is 6.04 Å². The van der Waals surface area contributed by atoms with Gasteiger partial charge in [-0.05, 0) is 31.9 Å². The zero-order valence-electron chi connectivity index (χ0n) is 12.8. The molecule has 0 aliphatic carbocycles. The van der Waals surface area contributed by atoms with Crippen LogP contribution in [-0.2, 0) is 19.3 Å². The number of nitrogens with zero attached hydrogens (tertiary/aromatic N) is 3. The maximum atomic E-state index is 5.98. The molecule has 0 amide bonds. The van der Waals surface area contributed by atoms with Crippen LogP contribution in [0.2, 0.25) is 0 Å². The van der Waals surface area contributed by atoms with E-state index in [1.54, 1.807) is 0 Å². The Hall–Kier alpha value is -1.68. The molecule has 1 heterocycles. The number of aromatic nitrogens is 3. The SMILES string of the molecule is CCc1nc(CC)n(-c2ccc(C)cc2CC(C)N)n1. The van der Waals surface area contributed by atoms with Crippen molar-refractivity contribution < 1.29 is 0 Å². The highest BCUT2D eigenvalue weighted by Gasteiger charge is 2.13. The highest BCUT2D eigenvalue weighted by molar-refractivity contribution is 5.44. The third-order valence-corrected chi connectivity index (χ3v) is 3.36. The molecule has 0 radical (unpaired) electrons. The van der Waals surface area contributed by atoms with Crippen molar-refractivity contribution in [2.24, 2.45) is 5.73 Å². The molecule has 0 spiro atoms. The van der Waals surface area contributed by atoms with Gasteiger partial charge in [0.1, 0.15) is 5.82 Å². The van der Waals surface area contributed by atoms with Crippen molar-refractivity contribution in [1.82, 2.24) is 14.8 Å². The van der Waals surface area contributed by atoms with Gasteiger partial charge < -0.3 is 5.73 Å². The minimum Gasteiger partial charge on any atom is -0.328 e. The lowest BCUT2D eigenvalue weighted by Gasteiger charge is -2.14. The van der Waals surface area contributed by atoms with Gasteiger partial charge >= 0.3 is 0 Å². The quantitative estimate of drug-likeness (QED) is 0.910. The summed E-state index contributed by atoms with van der Waals surface area (Å²) in [6, 6.07) is 6.58. The van der Waals surface area contributed by atoms with Gasteiger partial charge in [0.05, 0.1) is 5.69 Å². The van der Waals surface area contributed by atoms with Crippen molar-refractivity contribution >= 4 is 0 Å². The predicted molar refractivity (Wildman–Crippen MR) is 82.2 cm³/mol. The van der Waals surface area contributed by atoms with E-state index < -0.39 is 0 Å². The lowest BCUT2D eigenvalue weighted by molar-refractivity contribution is 0.717. The summed E-state index contributed by atoms with van der Waals surface area (Å²) >= 11 is 0. The fourth-order valence-corrected chi connectivity index (χ4v) is 2.39. The van der Waals surface area contributed by atoms with Crippen LogP contribution in [0.3, 0.4) is 0 Å². The van der Waals surface area contributed by atoms with Crippen molar-refractivity contribution in [3.8, 4) is 5.69 Å². The van der Waals surface area contributed by atoms with Crippen LogP contribution in [-0.4, -0.2) is 20.8 Å². The lowest BCUT2D eigenvalue weighted by atomic mass is 10.0. The minimum atomic E-state index is 0.134. The third-order valence-electron chi connectivity index (χ3n) is 3.36. The van der Waals surface area contributed by atoms with Gasteiger partial charge in [-0.2, -0.15) is 5.10 Å². The molecule has 0 bridgehead atoms. The van der Waals surface area contributed by atoms with Crippen molar-refractivity contribution in [1.29, 1.82) is 0 Å². The third kappa shape index (κ3) is 3.07. The predicted octanol–water partition coefficient (Wildman–Crippen LogP) is 2.59. The smallest absolute Gasteiger partial charge is 0.151 e. The Balaban J connectivity index is 2.53. The first-order valence-corrected chi connectivity index (χ1v) is 7.35. The van der Waals surface area contributed by atoms with Crippen LogP contribution in [0.4, 0.5) is 0 Å². The molecular weight excluding hydrogens is 248 g/mol. The van der Waals surface area contributed by atoms with Gasteiger partial charge in [-0.1, -0.05) is 31.5 Å². The van der Waals surface area contributed by atoms with Gasteiger partial charge in [-0.3, -0.25) is 0 Å². The van der Waals surface area contributed by atoms with E-state index in [0.717, 1.165) is 36.6 Å². The summed E-state index contributed by atoms with van der Waals surface area (Å²) in [4.78, 5) is 4.59. The largest absolute Gasteiger partial charge is 0.328 e. The van der Waals surface area contributed by atoms with Crippen LogP contribution in [0.25, 0.3) is 5.69 Å². The van der Waals surface area contributed by atoms with Crippen molar-refractivity contribution in [2.45, 2.75) is 53.0 Å². The van der Waals surface area contributed by atoms with Gasteiger partial charge in [-0.25, -0.2) is 9.67 Å². The molecule has 0 saturated carbocycles. The Bertz CT molecular complexity index is 584. The molecule has 1 aromatic carbocycles. The normalized spacial score (nSPS) is 12.7. The summed E-state index contributed by atoms with van der Waals surface area (Å²) in [5.41, 5.74) is 9.57. The summed E-state index contributed by atoms with van der Waals surface area (Å²) in [6.45, 7) is 8.33. The van der Waals surface area contributed by atoms with Crippen LogP contribution < -0.4 is 5.73 Å². The molecule has 108 valence electrons. The number of aryl methyl sites for hydroxylation is 3. The van der Waals surface area contributed by atoms with E-state index in [0.29, 0.717) is 0 Å². The number of hydrogen-bond donors (Lipinski definition) is 1. The maximum Gasteiger partial charge on any atom is 0.151 e. The molecule has 4 heteroatoms. The molecule has 2 aromatic rings. The first-order chi connectivity index (χ1) is 9.55. The van der Waals surface area contributed by atoms with E-state index in [1.807, 2.05) is 11.6 Å². The highest BCUT2D eigenvalue weighted by Crippen LogP contribution is 2.19. The summed E-state index contributed by atoms with van der Waals surface area (Å²) < 4.78 is 1.98. The van der Waals surface area contributed by atoms with Gasteiger partial charge in [0.15, 0.2) is 5.82 Å². The highest BCUT2D eigenvalue weighted by atomic mass is 15.3. The van der Waals surface area contributed by atoms with Crippen molar-refractivity contribution in [2.75, 3.05) is 0 Å². The molecule has 0 aliphatic heterocycles. The second kappa shape index (κ2) is 6.18. The molecule has 2 N–H and O–H groups in total. The summed E-state index contributed by atoms with van der Waals surface area (Å²) in [5.74, 6) is 1.91. The first-order valence-electron chi connectivity index (χ1n) is 7.35. The molecule has 1 aromatic heterocycles. The van der Waals surface area contributed by atoms with E-state index in [2.05, 4.69) is 49.1 Å². The van der Waals surface area contributed by atoms with Crippen molar-refractivity contribution in [3.63, 3.8) is 0 Å². The molecule has 0 fully saturated rings. The minimum absolute atomic E-state index is 0.134. The average Bonchev–Trinajstić information content (AvgIpc) is 2.81. The number of benzene rings is 1. The molecule has 4 nitrogen and oxygen atoms in total. The monoisotopic (exact) mass is 272 g/mol. The lowest BCUT2D eigenvalue weighted by Crippen LogP contribution is -2.19. The molecule has 0 aliphatic rings. The molecule has 0 saturated heterocycles. The Kier molecular flexibility index (Phi) is 4.55. The van der Waals surface area contributed by atoms with Crippen LogP contribution in [0.15, 0.2) is 18.2 Å². The standard InChI is InChI=1S/C16H24N4/c1-5-15-18-16(6-2)20(19-15)14-8-7-11(3)9-13(14)10-12(4)17/h7-9,12H,5-6,10,17H2,1-4H3. The fraction of sp³-hybridized carbons (Fsp3) is 0.500. The van der Waals surface area contributed by atoms with E-state index in [9.17, 15) is 0 Å². The molecule has 1 unspecified atom stereocenters. The van der Waals surface area contributed by atoms with Gasteiger partial charge in [-0.15, -0.1) is 0 Å². The Morgan fingerprint density at radius 2 is 2.00 bits per heavy atom. The van der Waals surface area contributed by atoms with Crippen LogP contribution in [0, 0.1) is 6.92 Å². The van der Waals surface area contributed by atoms with Gasteiger partial charge in [0.25, 0.3) is 0 Å². The van der Waals surface area contributed by atoms with Crippen LogP contribution >= 0.6 is 0 Å². The van der Waals surface area contributed by atoms with E-state index in [1.165, 1.54) is 11.1 Å². The van der Waals surface area contributed by atoms with Crippen LogP contribution in [0.5, 0.6) is 0 Å². The summed E-state index contributed by atoms with van der Waals surface area (Å²) in [5, 5.41) is 4.63. The Morgan fingerprint density at radius 3 is 2.60 bits per heavy atom. The van der Waals surface area contributed by atoms with E-state index in [4.69, 9.17) is 5.73 Å². The molecular formula is C16H24N4. The van der Waals surface area contributed by atoms with Crippen molar-refractivity contribution in [3.05, 3.63) is 41.0 Å². The summed E-state index contributed by atoms with van der Waals surface area (Å²) in [6.07, 6.45) is 2.58. The fourth-order valence-electron chi connectivity index (χ4n) is 2.39. The Labute approximate surface area is 121 Å². The second-order valence-corrected chi connectivity index (χ2v) is 5.38. The number of hydrogen-bond acceptors (Lipinski definition) is 3. The van der Waals surface area contributed by atoms with Gasteiger partial charge in [0.2, 0.25) is 0 Å². The zero-order valence-corrected chi connectivity index (χ0v) is 12.8. The molecule has 20 heavy (non-hydrogen) atoms. The second-order valence-electron chi connectivity index (χ2n) is 5.38. The Morgan fingerprint density at radius 1 is 1.25 bits per heavy atom. The molecule has 1 atom stereocenters. The van der Waals surface area contributed by atoms with Crippen LogP contribution in [0.1, 0.15) is 43.5 Å². The average molecular weight is 272 g/mol. The number of rotatable bonds is 5. The van der Waals surface area contributed by atoms with Gasteiger partial charge in [0, 0.05) is 18.9 Å². The zero-order chi connectivity index (χ0) is 14.7. The maximum absolute atomic E-state index is 5.98. The molecule has 2 rings (SSSR count). The van der Waals surface area contributed by atoms with E-state index >= 15 is 0 Å². The summed E-state index contributed by atoms with van der Waals surface area (Å²) in [7, 11) is 0. The first kappa shape index (κ1) is 14.7. The topological polar surface area (TPSA) is 56.7 Å².